The molecule has 0 fully saturated rings. The summed E-state index contributed by atoms with van der Waals surface area (Å²) in [4.78, 5) is 8.41. The molecule has 4 heteroatoms. The quantitative estimate of drug-likeness (QED) is 0.868. The molecule has 3 nitrogen and oxygen atoms in total. The van der Waals surface area contributed by atoms with E-state index in [4.69, 9.17) is 17.3 Å². The van der Waals surface area contributed by atoms with Crippen LogP contribution in [0.1, 0.15) is 18.8 Å². The Labute approximate surface area is 99.3 Å². The summed E-state index contributed by atoms with van der Waals surface area (Å²) in [5.74, 6) is 0.644. The van der Waals surface area contributed by atoms with E-state index in [9.17, 15) is 0 Å². The van der Waals surface area contributed by atoms with E-state index in [2.05, 4.69) is 9.97 Å². The van der Waals surface area contributed by atoms with Crippen LogP contribution in [0.2, 0.25) is 5.02 Å². The van der Waals surface area contributed by atoms with Crippen molar-refractivity contribution in [3.05, 3.63) is 47.5 Å². The SMILES string of the molecule is CC(N)c1ncc(-c2cccc(Cl)c2)cn1. The van der Waals surface area contributed by atoms with Gasteiger partial charge in [0.15, 0.2) is 0 Å². The summed E-state index contributed by atoms with van der Waals surface area (Å²) in [6.45, 7) is 1.86. The van der Waals surface area contributed by atoms with Crippen LogP contribution in [-0.4, -0.2) is 9.97 Å². The average Bonchev–Trinajstić information content (AvgIpc) is 2.29. The van der Waals surface area contributed by atoms with E-state index in [1.54, 1.807) is 12.4 Å². The van der Waals surface area contributed by atoms with Gasteiger partial charge < -0.3 is 5.73 Å². The van der Waals surface area contributed by atoms with E-state index in [1.807, 2.05) is 31.2 Å². The summed E-state index contributed by atoms with van der Waals surface area (Å²) >= 11 is 5.92. The summed E-state index contributed by atoms with van der Waals surface area (Å²) in [5.41, 5.74) is 7.62. The lowest BCUT2D eigenvalue weighted by molar-refractivity contribution is 0.739. The number of hydrogen-bond donors (Lipinski definition) is 1. The van der Waals surface area contributed by atoms with E-state index in [0.29, 0.717) is 10.8 Å². The molecule has 2 aromatic rings. The van der Waals surface area contributed by atoms with Gasteiger partial charge in [0.25, 0.3) is 0 Å². The molecular formula is C12H12ClN3. The van der Waals surface area contributed by atoms with Crippen LogP contribution in [0.25, 0.3) is 11.1 Å². The zero-order chi connectivity index (χ0) is 11.5. The highest BCUT2D eigenvalue weighted by Gasteiger charge is 2.04. The normalized spacial score (nSPS) is 12.4. The summed E-state index contributed by atoms with van der Waals surface area (Å²) in [6, 6.07) is 7.44. The fraction of sp³-hybridized carbons (Fsp3) is 0.167. The van der Waals surface area contributed by atoms with Crippen LogP contribution in [0, 0.1) is 0 Å². The molecule has 82 valence electrons. The molecule has 0 bridgehead atoms. The van der Waals surface area contributed by atoms with Crippen LogP contribution in [0.3, 0.4) is 0 Å². The molecule has 0 aliphatic carbocycles. The number of nitrogens with two attached hydrogens (primary N) is 1. The Bertz CT molecular complexity index is 480. The zero-order valence-corrected chi connectivity index (χ0v) is 9.65. The number of nitrogens with zero attached hydrogens (tertiary/aromatic N) is 2. The third kappa shape index (κ3) is 2.38. The minimum atomic E-state index is -0.145. The van der Waals surface area contributed by atoms with Crippen molar-refractivity contribution in [2.75, 3.05) is 0 Å². The van der Waals surface area contributed by atoms with Crippen molar-refractivity contribution in [3.8, 4) is 11.1 Å². The van der Waals surface area contributed by atoms with Gasteiger partial charge in [-0.1, -0.05) is 23.7 Å². The number of rotatable bonds is 2. The number of aromatic nitrogens is 2. The second kappa shape index (κ2) is 4.60. The van der Waals surface area contributed by atoms with Gasteiger partial charge in [0.1, 0.15) is 5.82 Å². The molecule has 0 aliphatic rings. The van der Waals surface area contributed by atoms with Crippen LogP contribution < -0.4 is 5.73 Å². The van der Waals surface area contributed by atoms with Gasteiger partial charge in [-0.2, -0.15) is 0 Å². The minimum absolute atomic E-state index is 0.145. The van der Waals surface area contributed by atoms with Gasteiger partial charge in [0.05, 0.1) is 6.04 Å². The second-order valence-corrected chi connectivity index (χ2v) is 4.07. The van der Waals surface area contributed by atoms with Gasteiger partial charge in [-0.15, -0.1) is 0 Å². The van der Waals surface area contributed by atoms with Gasteiger partial charge in [-0.05, 0) is 24.6 Å². The maximum Gasteiger partial charge on any atom is 0.144 e. The molecule has 1 atom stereocenters. The third-order valence-corrected chi connectivity index (χ3v) is 2.47. The lowest BCUT2D eigenvalue weighted by Gasteiger charge is -2.05. The molecule has 0 aliphatic heterocycles. The molecule has 1 aromatic carbocycles. The lowest BCUT2D eigenvalue weighted by atomic mass is 10.1. The maximum atomic E-state index is 5.92. The Balaban J connectivity index is 2.35. The Morgan fingerprint density at radius 2 is 1.88 bits per heavy atom. The Morgan fingerprint density at radius 3 is 2.44 bits per heavy atom. The highest BCUT2D eigenvalue weighted by Crippen LogP contribution is 2.21. The summed E-state index contributed by atoms with van der Waals surface area (Å²) in [5, 5.41) is 0.703. The Morgan fingerprint density at radius 1 is 1.19 bits per heavy atom. The summed E-state index contributed by atoms with van der Waals surface area (Å²) < 4.78 is 0. The van der Waals surface area contributed by atoms with Crippen molar-refractivity contribution in [1.29, 1.82) is 0 Å². The van der Waals surface area contributed by atoms with Crippen LogP contribution in [-0.2, 0) is 0 Å². The van der Waals surface area contributed by atoms with E-state index in [-0.39, 0.29) is 6.04 Å². The monoisotopic (exact) mass is 233 g/mol. The van der Waals surface area contributed by atoms with Crippen molar-refractivity contribution in [2.45, 2.75) is 13.0 Å². The molecule has 0 radical (unpaired) electrons. The molecule has 16 heavy (non-hydrogen) atoms. The van der Waals surface area contributed by atoms with Crippen LogP contribution in [0.15, 0.2) is 36.7 Å². The van der Waals surface area contributed by atoms with E-state index in [0.717, 1.165) is 11.1 Å². The molecule has 2 rings (SSSR count). The molecule has 1 heterocycles. The molecule has 1 aromatic heterocycles. The van der Waals surface area contributed by atoms with Crippen LogP contribution >= 0.6 is 11.6 Å². The van der Waals surface area contributed by atoms with Gasteiger partial charge in [-0.25, -0.2) is 9.97 Å². The van der Waals surface area contributed by atoms with Gasteiger partial charge >= 0.3 is 0 Å². The number of benzene rings is 1. The Kier molecular flexibility index (Phi) is 3.17. The highest BCUT2D eigenvalue weighted by atomic mass is 35.5. The van der Waals surface area contributed by atoms with Crippen LogP contribution in [0.4, 0.5) is 0 Å². The predicted octanol–water partition coefficient (Wildman–Crippen LogP) is 2.82. The molecule has 1 unspecified atom stereocenters. The molecule has 2 N–H and O–H groups in total. The van der Waals surface area contributed by atoms with Crippen LogP contribution in [0.5, 0.6) is 0 Å². The number of hydrogen-bond acceptors (Lipinski definition) is 3. The summed E-state index contributed by atoms with van der Waals surface area (Å²) in [6.07, 6.45) is 3.52. The largest absolute Gasteiger partial charge is 0.322 e. The first kappa shape index (κ1) is 11.0. The van der Waals surface area contributed by atoms with Crippen molar-refractivity contribution in [2.24, 2.45) is 5.73 Å². The molecule has 0 saturated carbocycles. The van der Waals surface area contributed by atoms with Crippen molar-refractivity contribution < 1.29 is 0 Å². The summed E-state index contributed by atoms with van der Waals surface area (Å²) in [7, 11) is 0. The highest BCUT2D eigenvalue weighted by molar-refractivity contribution is 6.30. The van der Waals surface area contributed by atoms with Crippen molar-refractivity contribution in [1.82, 2.24) is 9.97 Å². The molecular weight excluding hydrogens is 222 g/mol. The topological polar surface area (TPSA) is 51.8 Å². The first-order chi connectivity index (χ1) is 7.66. The first-order valence-corrected chi connectivity index (χ1v) is 5.38. The fourth-order valence-electron chi connectivity index (χ4n) is 1.39. The van der Waals surface area contributed by atoms with Crippen molar-refractivity contribution >= 4 is 11.6 Å². The molecule has 0 spiro atoms. The number of halogens is 1. The van der Waals surface area contributed by atoms with Gasteiger partial charge in [0.2, 0.25) is 0 Å². The van der Waals surface area contributed by atoms with E-state index >= 15 is 0 Å². The third-order valence-electron chi connectivity index (χ3n) is 2.24. The van der Waals surface area contributed by atoms with E-state index < -0.39 is 0 Å². The smallest absolute Gasteiger partial charge is 0.144 e. The van der Waals surface area contributed by atoms with Gasteiger partial charge in [-0.3, -0.25) is 0 Å². The predicted molar refractivity (Wildman–Crippen MR) is 65.1 cm³/mol. The van der Waals surface area contributed by atoms with Crippen molar-refractivity contribution in [3.63, 3.8) is 0 Å². The molecule has 0 amide bonds. The zero-order valence-electron chi connectivity index (χ0n) is 8.89. The maximum absolute atomic E-state index is 5.92. The van der Waals surface area contributed by atoms with Gasteiger partial charge in [0, 0.05) is 23.0 Å². The fourth-order valence-corrected chi connectivity index (χ4v) is 1.58. The first-order valence-electron chi connectivity index (χ1n) is 5.00. The lowest BCUT2D eigenvalue weighted by Crippen LogP contribution is -2.09. The second-order valence-electron chi connectivity index (χ2n) is 3.63. The van der Waals surface area contributed by atoms with E-state index in [1.165, 1.54) is 0 Å². The Hall–Kier alpha value is -1.45. The average molecular weight is 234 g/mol. The molecule has 0 saturated heterocycles. The minimum Gasteiger partial charge on any atom is -0.322 e. The standard InChI is InChI=1S/C12H12ClN3/c1-8(14)12-15-6-10(7-16-12)9-3-2-4-11(13)5-9/h2-8H,14H2,1H3.